The molecule has 22 heavy (non-hydrogen) atoms. The average Bonchev–Trinajstić information content (AvgIpc) is 2.85. The van der Waals surface area contributed by atoms with E-state index in [1.807, 2.05) is 61.5 Å². The lowest BCUT2D eigenvalue weighted by atomic mass is 10.0. The van der Waals surface area contributed by atoms with Crippen molar-refractivity contribution in [2.75, 3.05) is 0 Å². The lowest BCUT2D eigenvalue weighted by Gasteiger charge is -2.02. The second-order valence-corrected chi connectivity index (χ2v) is 5.56. The summed E-state index contributed by atoms with van der Waals surface area (Å²) in [6.07, 6.45) is 1.85. The smallest absolute Gasteiger partial charge is 0.279 e. The van der Waals surface area contributed by atoms with Gasteiger partial charge in [0, 0.05) is 5.69 Å². The van der Waals surface area contributed by atoms with Gasteiger partial charge in [-0.25, -0.2) is 4.68 Å². The Morgan fingerprint density at radius 1 is 1.05 bits per heavy atom. The summed E-state index contributed by atoms with van der Waals surface area (Å²) in [4.78, 5) is 12.9. The third-order valence-corrected chi connectivity index (χ3v) is 3.79. The zero-order chi connectivity index (χ0) is 15.5. The zero-order valence-electron chi connectivity index (χ0n) is 13.0. The van der Waals surface area contributed by atoms with Gasteiger partial charge in [0.15, 0.2) is 0 Å². The third kappa shape index (κ3) is 2.62. The van der Waals surface area contributed by atoms with E-state index in [2.05, 4.69) is 12.0 Å². The quantitative estimate of drug-likeness (QED) is 0.772. The van der Waals surface area contributed by atoms with Crippen molar-refractivity contribution in [2.45, 2.75) is 26.7 Å². The summed E-state index contributed by atoms with van der Waals surface area (Å²) >= 11 is 0. The first-order valence-electron chi connectivity index (χ1n) is 7.67. The summed E-state index contributed by atoms with van der Waals surface area (Å²) in [5.74, 6) is 0. The highest BCUT2D eigenvalue weighted by molar-refractivity contribution is 5.65. The molecule has 0 aliphatic rings. The van der Waals surface area contributed by atoms with Crippen LogP contribution in [0.15, 0.2) is 59.4 Å². The van der Waals surface area contributed by atoms with Crippen LogP contribution in [0.5, 0.6) is 0 Å². The molecule has 0 saturated carbocycles. The standard InChI is InChI=1S/C19H20N2O/c1-3-8-17-18(15-10-5-4-6-11-15)19(22)21(20-17)16-12-7-9-14(2)13-16/h4-7,9-13,20H,3,8H2,1-2H3. The summed E-state index contributed by atoms with van der Waals surface area (Å²) in [6, 6.07) is 17.9. The molecule has 0 bridgehead atoms. The first-order chi connectivity index (χ1) is 10.7. The van der Waals surface area contributed by atoms with Gasteiger partial charge in [-0.1, -0.05) is 55.8 Å². The van der Waals surface area contributed by atoms with Crippen molar-refractivity contribution in [1.82, 2.24) is 9.78 Å². The van der Waals surface area contributed by atoms with Crippen LogP contribution < -0.4 is 5.56 Å². The van der Waals surface area contributed by atoms with Crippen molar-refractivity contribution in [3.63, 3.8) is 0 Å². The second-order valence-electron chi connectivity index (χ2n) is 5.56. The predicted molar refractivity (Wildman–Crippen MR) is 90.6 cm³/mol. The third-order valence-electron chi connectivity index (χ3n) is 3.79. The minimum Gasteiger partial charge on any atom is -0.294 e. The van der Waals surface area contributed by atoms with Crippen molar-refractivity contribution < 1.29 is 0 Å². The molecule has 3 heteroatoms. The molecule has 112 valence electrons. The van der Waals surface area contributed by atoms with E-state index in [4.69, 9.17) is 0 Å². The Labute approximate surface area is 130 Å². The number of benzene rings is 2. The van der Waals surface area contributed by atoms with E-state index >= 15 is 0 Å². The van der Waals surface area contributed by atoms with Gasteiger partial charge in [-0.15, -0.1) is 0 Å². The number of rotatable bonds is 4. The molecule has 1 N–H and O–H groups in total. The molecule has 0 unspecified atom stereocenters. The fourth-order valence-electron chi connectivity index (χ4n) is 2.76. The van der Waals surface area contributed by atoms with Gasteiger partial charge in [0.1, 0.15) is 0 Å². The van der Waals surface area contributed by atoms with Crippen LogP contribution in [0.3, 0.4) is 0 Å². The minimum atomic E-state index is 0.0141. The summed E-state index contributed by atoms with van der Waals surface area (Å²) in [6.45, 7) is 4.15. The van der Waals surface area contributed by atoms with E-state index in [0.29, 0.717) is 0 Å². The van der Waals surface area contributed by atoms with Crippen LogP contribution in [0, 0.1) is 6.92 Å². The van der Waals surface area contributed by atoms with Gasteiger partial charge in [0.05, 0.1) is 11.3 Å². The molecular formula is C19H20N2O. The van der Waals surface area contributed by atoms with E-state index in [-0.39, 0.29) is 5.56 Å². The summed E-state index contributed by atoms with van der Waals surface area (Å²) in [7, 11) is 0. The molecule has 3 nitrogen and oxygen atoms in total. The van der Waals surface area contributed by atoms with Crippen LogP contribution in [-0.4, -0.2) is 9.78 Å². The van der Waals surface area contributed by atoms with E-state index in [9.17, 15) is 4.79 Å². The van der Waals surface area contributed by atoms with Gasteiger partial charge in [-0.2, -0.15) is 0 Å². The van der Waals surface area contributed by atoms with Crippen molar-refractivity contribution in [3.05, 3.63) is 76.2 Å². The molecule has 0 amide bonds. The maximum Gasteiger partial charge on any atom is 0.279 e. The van der Waals surface area contributed by atoms with E-state index in [1.54, 1.807) is 4.68 Å². The minimum absolute atomic E-state index is 0.0141. The molecule has 0 aliphatic heterocycles. The van der Waals surface area contributed by atoms with Gasteiger partial charge >= 0.3 is 0 Å². The summed E-state index contributed by atoms with van der Waals surface area (Å²) < 4.78 is 1.65. The Bertz CT molecular complexity index is 828. The van der Waals surface area contributed by atoms with Crippen LogP contribution in [0.1, 0.15) is 24.6 Å². The Balaban J connectivity index is 2.20. The number of aryl methyl sites for hydroxylation is 2. The number of hydrogen-bond donors (Lipinski definition) is 1. The van der Waals surface area contributed by atoms with Gasteiger partial charge in [0.2, 0.25) is 0 Å². The average molecular weight is 292 g/mol. The van der Waals surface area contributed by atoms with Crippen LogP contribution in [0.4, 0.5) is 0 Å². The molecule has 0 spiro atoms. The normalized spacial score (nSPS) is 10.8. The van der Waals surface area contributed by atoms with Gasteiger partial charge in [-0.3, -0.25) is 9.89 Å². The molecule has 0 radical (unpaired) electrons. The van der Waals surface area contributed by atoms with Crippen LogP contribution in [0.25, 0.3) is 16.8 Å². The topological polar surface area (TPSA) is 37.8 Å². The molecule has 3 aromatic rings. The molecule has 0 saturated heterocycles. The summed E-state index contributed by atoms with van der Waals surface area (Å²) in [5, 5.41) is 3.30. The number of aromatic nitrogens is 2. The number of nitrogens with one attached hydrogen (secondary N) is 1. The largest absolute Gasteiger partial charge is 0.294 e. The maximum absolute atomic E-state index is 12.9. The van der Waals surface area contributed by atoms with E-state index in [0.717, 1.165) is 40.9 Å². The predicted octanol–water partition coefficient (Wildman–Crippen LogP) is 4.09. The Kier molecular flexibility index (Phi) is 3.96. The van der Waals surface area contributed by atoms with Gasteiger partial charge in [0.25, 0.3) is 5.56 Å². The highest BCUT2D eigenvalue weighted by atomic mass is 16.1. The Morgan fingerprint density at radius 2 is 1.82 bits per heavy atom. The summed E-state index contributed by atoms with van der Waals surface area (Å²) in [5.41, 5.74) is 4.78. The highest BCUT2D eigenvalue weighted by Gasteiger charge is 2.16. The highest BCUT2D eigenvalue weighted by Crippen LogP contribution is 2.21. The molecule has 1 aromatic heterocycles. The molecule has 1 heterocycles. The van der Waals surface area contributed by atoms with Crippen molar-refractivity contribution in [3.8, 4) is 16.8 Å². The fraction of sp³-hybridized carbons (Fsp3) is 0.211. The second kappa shape index (κ2) is 6.06. The molecule has 0 fully saturated rings. The SMILES string of the molecule is CCCc1[nH]n(-c2cccc(C)c2)c(=O)c1-c1ccccc1. The monoisotopic (exact) mass is 292 g/mol. The molecular weight excluding hydrogens is 272 g/mol. The maximum atomic E-state index is 12.9. The molecule has 0 atom stereocenters. The van der Waals surface area contributed by atoms with Crippen LogP contribution in [0.2, 0.25) is 0 Å². The lowest BCUT2D eigenvalue weighted by molar-refractivity contribution is 0.793. The van der Waals surface area contributed by atoms with Crippen molar-refractivity contribution >= 4 is 0 Å². The number of aromatic amines is 1. The molecule has 2 aromatic carbocycles. The van der Waals surface area contributed by atoms with Gasteiger partial charge < -0.3 is 0 Å². The Hall–Kier alpha value is -2.55. The molecule has 3 rings (SSSR count). The first kappa shape index (κ1) is 14.4. The number of nitrogens with zero attached hydrogens (tertiary/aromatic N) is 1. The van der Waals surface area contributed by atoms with Gasteiger partial charge in [-0.05, 0) is 36.6 Å². The van der Waals surface area contributed by atoms with E-state index in [1.165, 1.54) is 0 Å². The van der Waals surface area contributed by atoms with E-state index < -0.39 is 0 Å². The van der Waals surface area contributed by atoms with Crippen LogP contribution in [-0.2, 0) is 6.42 Å². The van der Waals surface area contributed by atoms with Crippen LogP contribution >= 0.6 is 0 Å². The van der Waals surface area contributed by atoms with Crippen molar-refractivity contribution in [2.24, 2.45) is 0 Å². The first-order valence-corrected chi connectivity index (χ1v) is 7.67. The number of hydrogen-bond acceptors (Lipinski definition) is 1. The van der Waals surface area contributed by atoms with Crippen molar-refractivity contribution in [1.29, 1.82) is 0 Å². The lowest BCUT2D eigenvalue weighted by Crippen LogP contribution is -2.15. The molecule has 0 aliphatic carbocycles. The Morgan fingerprint density at radius 3 is 2.50 bits per heavy atom. The zero-order valence-corrected chi connectivity index (χ0v) is 13.0. The number of H-pyrrole nitrogens is 1. The fourth-order valence-corrected chi connectivity index (χ4v) is 2.76.